The third-order valence-corrected chi connectivity index (χ3v) is 23.9. The largest absolute Gasteiger partial charge is 0.491 e. The SMILES string of the molecule is Cc1cc(N(CCCC(C[N+]2(C)CCCCC2)O[Si](c2ccccc2)(c2ccccc2)C(C)(C)C)c2nc(C(=O)O)c(CCCOc3ccc(C#CCN(C)C)cc3F)s2)nnc1N=c1sc2ccccc2n1COCC[Si](C)(C)C. The van der Waals surface area contributed by atoms with Crippen LogP contribution in [0.2, 0.25) is 30.7 Å². The minimum Gasteiger partial charge on any atom is -0.491 e. The predicted octanol–water partition coefficient (Wildman–Crippen LogP) is 12.1. The number of likely N-dealkylation sites (tertiary alicyclic amines) is 1. The molecular weight excluding hydrogens is 1090 g/mol. The van der Waals surface area contributed by atoms with Crippen molar-refractivity contribution in [2.24, 2.45) is 4.99 Å². The van der Waals surface area contributed by atoms with E-state index in [2.05, 4.69) is 137 Å². The zero-order chi connectivity index (χ0) is 57.8. The highest BCUT2D eigenvalue weighted by atomic mass is 32.1. The molecule has 1 atom stereocenters. The number of piperidine rings is 1. The van der Waals surface area contributed by atoms with E-state index in [0.717, 1.165) is 57.2 Å². The van der Waals surface area contributed by atoms with Crippen molar-refractivity contribution in [3.8, 4) is 17.6 Å². The van der Waals surface area contributed by atoms with Gasteiger partial charge in [0.05, 0.1) is 49.6 Å². The van der Waals surface area contributed by atoms with Gasteiger partial charge in [0.1, 0.15) is 13.3 Å². The third kappa shape index (κ3) is 16.0. The molecule has 0 aliphatic carbocycles. The minimum absolute atomic E-state index is 0.0278. The fourth-order valence-electron chi connectivity index (χ4n) is 10.6. The summed E-state index contributed by atoms with van der Waals surface area (Å²) in [5, 5.41) is 23.1. The number of aromatic nitrogens is 4. The van der Waals surface area contributed by atoms with Gasteiger partial charge in [-0.25, -0.2) is 14.2 Å². The van der Waals surface area contributed by atoms with E-state index in [0.29, 0.717) is 72.9 Å². The van der Waals surface area contributed by atoms with Crippen LogP contribution >= 0.6 is 22.7 Å². The number of carboxylic acids is 1. The first-order chi connectivity index (χ1) is 38.7. The Hall–Kier alpha value is -5.89. The van der Waals surface area contributed by atoms with Gasteiger partial charge in [-0.05, 0) is 129 Å². The van der Waals surface area contributed by atoms with E-state index >= 15 is 4.39 Å². The van der Waals surface area contributed by atoms with Crippen molar-refractivity contribution in [2.75, 3.05) is 72.0 Å². The van der Waals surface area contributed by atoms with Crippen LogP contribution in [-0.4, -0.2) is 130 Å². The van der Waals surface area contributed by atoms with Crippen molar-refractivity contribution in [2.45, 2.75) is 116 Å². The molecule has 430 valence electrons. The summed E-state index contributed by atoms with van der Waals surface area (Å²) >= 11 is 2.91. The number of nitrogens with zero attached hydrogens (tertiary/aromatic N) is 8. The fraction of sp³-hybridized carbons (Fsp3) is 0.444. The molecule has 1 unspecified atom stereocenters. The summed E-state index contributed by atoms with van der Waals surface area (Å²) in [4.78, 5) is 28.4. The maximum Gasteiger partial charge on any atom is 0.355 e. The highest BCUT2D eigenvalue weighted by Crippen LogP contribution is 2.39. The number of anilines is 2. The quantitative estimate of drug-likeness (QED) is 0.0256. The minimum atomic E-state index is -2.96. The van der Waals surface area contributed by atoms with Crippen LogP contribution < -0.4 is 24.8 Å². The number of carbonyl (C=O) groups is 1. The lowest BCUT2D eigenvalue weighted by Gasteiger charge is -2.47. The van der Waals surface area contributed by atoms with Crippen LogP contribution in [0.4, 0.5) is 21.2 Å². The van der Waals surface area contributed by atoms with Gasteiger partial charge in [-0.2, -0.15) is 4.99 Å². The van der Waals surface area contributed by atoms with Gasteiger partial charge in [0.15, 0.2) is 38.8 Å². The van der Waals surface area contributed by atoms with Crippen LogP contribution in [-0.2, 0) is 22.3 Å². The number of carboxylic acid groups (broad SMARTS) is 1. The van der Waals surface area contributed by atoms with Gasteiger partial charge in [-0.3, -0.25) is 9.47 Å². The van der Waals surface area contributed by atoms with E-state index in [1.807, 2.05) is 49.0 Å². The molecule has 1 fully saturated rings. The van der Waals surface area contributed by atoms with Gasteiger partial charge in [-0.1, -0.05) is 136 Å². The standard InChI is InChI=1S/C63H81FN8O5S2Si2/c1-47-43-57(67-68-59(47)66-62-71(46-75-41-42-80(8,9)10)53-31-18-19-32-55(53)78-62)70(61-65-58(60(73)74)56(79-61)33-24-40-76-54-35-34-48(44-52(54)64)25-22-36-69(5)6)37-23-26-49(45-72(7)38-20-13-21-39-72)77-81(63(2,3)4,50-27-14-11-15-28-50)51-29-16-12-17-30-51/h11-12,14-19,27-32,34-35,43-44,49H,13,20-21,23-24,26,33,36-42,45-46H2,1-10H3/p+1. The van der Waals surface area contributed by atoms with Crippen molar-refractivity contribution in [3.05, 3.63) is 142 Å². The van der Waals surface area contributed by atoms with Gasteiger partial charge < -0.3 is 28.4 Å². The maximum atomic E-state index is 15.2. The number of hydrogen-bond donors (Lipinski definition) is 1. The average molecular weight is 1170 g/mol. The number of aromatic carboxylic acids is 1. The van der Waals surface area contributed by atoms with E-state index in [-0.39, 0.29) is 29.2 Å². The number of likely N-dealkylation sites (N-methyl/N-ethyl adjacent to an activating group) is 1. The number of thiazole rings is 2. The second-order valence-corrected chi connectivity index (χ2v) is 36.1. The molecule has 18 heteroatoms. The van der Waals surface area contributed by atoms with Gasteiger partial charge >= 0.3 is 5.97 Å². The summed E-state index contributed by atoms with van der Waals surface area (Å²) in [6.45, 7) is 21.4. The summed E-state index contributed by atoms with van der Waals surface area (Å²) in [6, 6.07) is 37.7. The normalized spacial score (nSPS) is 14.5. The second-order valence-electron chi connectivity index (χ2n) is 24.2. The molecule has 1 N–H and O–H groups in total. The molecule has 7 aromatic rings. The number of hydrogen-bond acceptors (Lipinski definition) is 12. The van der Waals surface area contributed by atoms with Crippen LogP contribution in [0, 0.1) is 24.6 Å². The summed E-state index contributed by atoms with van der Waals surface area (Å²) in [6.07, 6.45) is 5.72. The molecule has 0 amide bonds. The van der Waals surface area contributed by atoms with Gasteiger partial charge in [0.2, 0.25) is 0 Å². The zero-order valence-electron chi connectivity index (χ0n) is 49.1. The average Bonchev–Trinajstić information content (AvgIpc) is 4.13. The van der Waals surface area contributed by atoms with Crippen molar-refractivity contribution < 1.29 is 32.7 Å². The topological polar surface area (TPSA) is 127 Å². The van der Waals surface area contributed by atoms with E-state index < -0.39 is 28.2 Å². The first-order valence-electron chi connectivity index (χ1n) is 28.5. The molecule has 1 aliphatic heterocycles. The van der Waals surface area contributed by atoms with Crippen LogP contribution in [0.1, 0.15) is 85.8 Å². The smallest absolute Gasteiger partial charge is 0.355 e. The Balaban J connectivity index is 1.12. The van der Waals surface area contributed by atoms with Crippen molar-refractivity contribution in [3.63, 3.8) is 0 Å². The molecule has 1 saturated heterocycles. The van der Waals surface area contributed by atoms with Gasteiger partial charge in [0, 0.05) is 31.7 Å². The number of para-hydroxylation sites is 1. The van der Waals surface area contributed by atoms with Gasteiger partial charge in [-0.15, -0.1) is 21.5 Å². The summed E-state index contributed by atoms with van der Waals surface area (Å²) < 4.78 is 39.5. The number of benzene rings is 4. The lowest BCUT2D eigenvalue weighted by Crippen LogP contribution is -2.69. The number of fused-ring (bicyclic) bond motifs is 1. The predicted molar refractivity (Wildman–Crippen MR) is 334 cm³/mol. The van der Waals surface area contributed by atoms with Crippen molar-refractivity contribution in [1.82, 2.24) is 24.6 Å². The lowest BCUT2D eigenvalue weighted by molar-refractivity contribution is -0.916. The molecule has 8 rings (SSSR count). The highest BCUT2D eigenvalue weighted by Gasteiger charge is 2.52. The molecule has 81 heavy (non-hydrogen) atoms. The molecule has 3 aromatic heterocycles. The van der Waals surface area contributed by atoms with Crippen LogP contribution in [0.25, 0.3) is 10.2 Å². The molecule has 13 nitrogen and oxygen atoms in total. The molecular formula is C63H82FN8O5S2Si2+. The summed E-state index contributed by atoms with van der Waals surface area (Å²) in [5.41, 5.74) is 2.38. The van der Waals surface area contributed by atoms with Gasteiger partial charge in [0.25, 0.3) is 8.32 Å². The Labute approximate surface area is 489 Å². The first-order valence-corrected chi connectivity index (χ1v) is 35.7. The Morgan fingerprint density at radius 2 is 1.59 bits per heavy atom. The Morgan fingerprint density at radius 3 is 2.23 bits per heavy atom. The van der Waals surface area contributed by atoms with E-state index in [9.17, 15) is 9.90 Å². The molecule has 4 aromatic carbocycles. The summed E-state index contributed by atoms with van der Waals surface area (Å²) in [7, 11) is 2.00. The number of rotatable bonds is 25. The molecule has 4 heterocycles. The Morgan fingerprint density at radius 1 is 0.901 bits per heavy atom. The Bertz CT molecular complexity index is 3300. The van der Waals surface area contributed by atoms with Crippen molar-refractivity contribution >= 4 is 82.4 Å². The highest BCUT2D eigenvalue weighted by molar-refractivity contribution is 7.16. The molecule has 1 aliphatic rings. The number of halogens is 1. The third-order valence-electron chi connectivity index (χ3n) is 14.9. The van der Waals surface area contributed by atoms with Crippen LogP contribution in [0.3, 0.4) is 0 Å². The monoisotopic (exact) mass is 1170 g/mol. The number of ether oxygens (including phenoxy) is 2. The lowest BCUT2D eigenvalue weighted by atomic mass is 10.1. The number of quaternary nitrogens is 1. The Kier molecular flexibility index (Phi) is 20.7. The first kappa shape index (κ1) is 61.2. The van der Waals surface area contributed by atoms with Crippen LogP contribution in [0.5, 0.6) is 5.75 Å². The molecule has 0 saturated carbocycles. The van der Waals surface area contributed by atoms with E-state index in [1.165, 1.54) is 47.0 Å². The number of aryl methyl sites for hydroxylation is 2. The summed E-state index contributed by atoms with van der Waals surface area (Å²) in [5.74, 6) is 5.54. The van der Waals surface area contributed by atoms with Crippen molar-refractivity contribution in [1.29, 1.82) is 0 Å². The second kappa shape index (κ2) is 27.5. The zero-order valence-corrected chi connectivity index (χ0v) is 52.8. The molecule has 0 spiro atoms. The van der Waals surface area contributed by atoms with E-state index in [4.69, 9.17) is 34.1 Å². The molecule has 0 radical (unpaired) electrons. The maximum absolute atomic E-state index is 15.2. The fourth-order valence-corrected chi connectivity index (χ4v) is 18.2. The van der Waals surface area contributed by atoms with Crippen LogP contribution in [0.15, 0.2) is 114 Å². The van der Waals surface area contributed by atoms with E-state index in [1.54, 1.807) is 23.5 Å². The molecule has 0 bridgehead atoms.